The molecule has 3 heteroatoms. The molecule has 3 nitrogen and oxygen atoms in total. The SMILES string of the molecule is C=C(C(=O)OCCCC)N1C(C)C1C. The van der Waals surface area contributed by atoms with Crippen molar-refractivity contribution < 1.29 is 9.53 Å². The van der Waals surface area contributed by atoms with Gasteiger partial charge in [0.2, 0.25) is 0 Å². The van der Waals surface area contributed by atoms with Gasteiger partial charge in [0.25, 0.3) is 0 Å². The highest BCUT2D eigenvalue weighted by molar-refractivity contribution is 5.87. The molecule has 0 spiro atoms. The molecule has 0 aliphatic carbocycles. The van der Waals surface area contributed by atoms with E-state index in [9.17, 15) is 4.79 Å². The molecule has 80 valence electrons. The zero-order chi connectivity index (χ0) is 10.7. The summed E-state index contributed by atoms with van der Waals surface area (Å²) < 4.78 is 5.06. The lowest BCUT2D eigenvalue weighted by Gasteiger charge is -2.08. The van der Waals surface area contributed by atoms with Gasteiger partial charge in [-0.15, -0.1) is 0 Å². The van der Waals surface area contributed by atoms with Crippen LogP contribution in [-0.2, 0) is 9.53 Å². The smallest absolute Gasteiger partial charge is 0.353 e. The van der Waals surface area contributed by atoms with Gasteiger partial charge in [-0.1, -0.05) is 19.9 Å². The van der Waals surface area contributed by atoms with Crippen molar-refractivity contribution in [2.75, 3.05) is 6.61 Å². The van der Waals surface area contributed by atoms with Crippen LogP contribution < -0.4 is 0 Å². The van der Waals surface area contributed by atoms with Crippen molar-refractivity contribution in [3.8, 4) is 0 Å². The van der Waals surface area contributed by atoms with Crippen LogP contribution in [0.2, 0.25) is 0 Å². The van der Waals surface area contributed by atoms with Gasteiger partial charge in [0.15, 0.2) is 0 Å². The third-order valence-corrected chi connectivity index (χ3v) is 2.76. The van der Waals surface area contributed by atoms with Crippen LogP contribution in [0.25, 0.3) is 0 Å². The standard InChI is InChI=1S/C11H19NO2/c1-5-6-7-14-11(13)10(4)12-8(2)9(12)3/h8-9H,4-7H2,1-3H3. The van der Waals surface area contributed by atoms with Gasteiger partial charge in [-0.3, -0.25) is 0 Å². The van der Waals surface area contributed by atoms with Crippen LogP contribution in [0.1, 0.15) is 33.6 Å². The molecular weight excluding hydrogens is 178 g/mol. The summed E-state index contributed by atoms with van der Waals surface area (Å²) in [4.78, 5) is 13.4. The van der Waals surface area contributed by atoms with Crippen molar-refractivity contribution in [2.45, 2.75) is 45.7 Å². The van der Waals surface area contributed by atoms with Gasteiger partial charge >= 0.3 is 5.97 Å². The van der Waals surface area contributed by atoms with Crippen molar-refractivity contribution in [3.63, 3.8) is 0 Å². The summed E-state index contributed by atoms with van der Waals surface area (Å²) in [6.07, 6.45) is 1.96. The number of carbonyl (C=O) groups excluding carboxylic acids is 1. The number of esters is 1. The summed E-state index contributed by atoms with van der Waals surface area (Å²) in [6.45, 7) is 10.5. The second-order valence-corrected chi connectivity index (χ2v) is 3.82. The van der Waals surface area contributed by atoms with E-state index >= 15 is 0 Å². The lowest BCUT2D eigenvalue weighted by molar-refractivity contribution is -0.140. The molecule has 14 heavy (non-hydrogen) atoms. The first-order valence-corrected chi connectivity index (χ1v) is 5.24. The van der Waals surface area contributed by atoms with Gasteiger partial charge in [-0.2, -0.15) is 0 Å². The van der Waals surface area contributed by atoms with E-state index in [0.717, 1.165) is 12.8 Å². The molecule has 2 atom stereocenters. The highest BCUT2D eigenvalue weighted by Crippen LogP contribution is 2.31. The Morgan fingerprint density at radius 1 is 1.43 bits per heavy atom. The van der Waals surface area contributed by atoms with Gasteiger partial charge in [0, 0.05) is 12.1 Å². The van der Waals surface area contributed by atoms with Gasteiger partial charge in [0.05, 0.1) is 6.61 Å². The molecule has 0 bridgehead atoms. The predicted molar refractivity (Wildman–Crippen MR) is 55.8 cm³/mol. The van der Waals surface area contributed by atoms with Crippen LogP contribution in [0, 0.1) is 0 Å². The second-order valence-electron chi connectivity index (χ2n) is 3.82. The third kappa shape index (κ3) is 2.28. The first-order chi connectivity index (χ1) is 6.59. The largest absolute Gasteiger partial charge is 0.461 e. The van der Waals surface area contributed by atoms with E-state index in [-0.39, 0.29) is 5.97 Å². The van der Waals surface area contributed by atoms with Crippen molar-refractivity contribution in [1.82, 2.24) is 4.90 Å². The lowest BCUT2D eigenvalue weighted by Crippen LogP contribution is -2.15. The minimum atomic E-state index is -0.269. The quantitative estimate of drug-likeness (QED) is 0.292. The van der Waals surface area contributed by atoms with E-state index in [2.05, 4.69) is 27.4 Å². The predicted octanol–water partition coefficient (Wildman–Crippen LogP) is 1.94. The summed E-state index contributed by atoms with van der Waals surface area (Å²) in [7, 11) is 0. The lowest BCUT2D eigenvalue weighted by atomic mass is 10.4. The molecule has 0 saturated carbocycles. The van der Waals surface area contributed by atoms with E-state index in [4.69, 9.17) is 4.74 Å². The Kier molecular flexibility index (Phi) is 3.55. The fraction of sp³-hybridized carbons (Fsp3) is 0.727. The summed E-state index contributed by atoms with van der Waals surface area (Å²) >= 11 is 0. The maximum Gasteiger partial charge on any atom is 0.353 e. The number of hydrogen-bond donors (Lipinski definition) is 0. The van der Waals surface area contributed by atoms with E-state index in [0.29, 0.717) is 24.4 Å². The Balaban J connectivity index is 2.28. The second kappa shape index (κ2) is 4.49. The molecule has 0 aromatic rings. The zero-order valence-corrected chi connectivity index (χ0v) is 9.25. The van der Waals surface area contributed by atoms with Crippen LogP contribution in [0.5, 0.6) is 0 Å². The number of unbranched alkanes of at least 4 members (excludes halogenated alkanes) is 1. The molecule has 0 amide bonds. The maximum atomic E-state index is 11.4. The molecule has 1 heterocycles. The van der Waals surface area contributed by atoms with Crippen LogP contribution >= 0.6 is 0 Å². The molecule has 0 N–H and O–H groups in total. The van der Waals surface area contributed by atoms with Crippen molar-refractivity contribution in [2.24, 2.45) is 0 Å². The Labute approximate surface area is 85.7 Å². The number of ether oxygens (including phenoxy) is 1. The first-order valence-electron chi connectivity index (χ1n) is 5.24. The molecule has 0 radical (unpaired) electrons. The molecule has 0 aromatic heterocycles. The maximum absolute atomic E-state index is 11.4. The average Bonchev–Trinajstić information content (AvgIpc) is 2.74. The van der Waals surface area contributed by atoms with Gasteiger partial charge in [-0.25, -0.2) is 4.79 Å². The minimum absolute atomic E-state index is 0.269. The highest BCUT2D eigenvalue weighted by Gasteiger charge is 2.42. The fourth-order valence-corrected chi connectivity index (χ4v) is 1.49. The Morgan fingerprint density at radius 2 is 2.00 bits per heavy atom. The van der Waals surface area contributed by atoms with E-state index in [1.54, 1.807) is 0 Å². The molecule has 1 saturated heterocycles. The molecule has 1 rings (SSSR count). The van der Waals surface area contributed by atoms with E-state index < -0.39 is 0 Å². The topological polar surface area (TPSA) is 29.3 Å². The van der Waals surface area contributed by atoms with Crippen molar-refractivity contribution in [3.05, 3.63) is 12.3 Å². The monoisotopic (exact) mass is 197 g/mol. The summed E-state index contributed by atoms with van der Waals surface area (Å²) in [5, 5.41) is 0. The number of nitrogens with zero attached hydrogens (tertiary/aromatic N) is 1. The number of hydrogen-bond acceptors (Lipinski definition) is 3. The van der Waals surface area contributed by atoms with Crippen molar-refractivity contribution in [1.29, 1.82) is 0 Å². The molecule has 1 fully saturated rings. The van der Waals surface area contributed by atoms with Crippen LogP contribution in [0.15, 0.2) is 12.3 Å². The first kappa shape index (κ1) is 11.1. The minimum Gasteiger partial charge on any atom is -0.461 e. The fourth-order valence-electron chi connectivity index (χ4n) is 1.49. The summed E-state index contributed by atoms with van der Waals surface area (Å²) in [6, 6.07) is 0.863. The Bertz CT molecular complexity index is 229. The van der Waals surface area contributed by atoms with Crippen LogP contribution in [0.3, 0.4) is 0 Å². The highest BCUT2D eigenvalue weighted by atomic mass is 16.5. The van der Waals surface area contributed by atoms with E-state index in [1.165, 1.54) is 0 Å². The van der Waals surface area contributed by atoms with Crippen LogP contribution in [-0.4, -0.2) is 29.6 Å². The van der Waals surface area contributed by atoms with Gasteiger partial charge in [0.1, 0.15) is 5.70 Å². The third-order valence-electron chi connectivity index (χ3n) is 2.76. The van der Waals surface area contributed by atoms with Gasteiger partial charge < -0.3 is 9.64 Å². The molecule has 1 aliphatic heterocycles. The molecule has 0 aromatic carbocycles. The normalized spacial score (nSPS) is 24.6. The number of rotatable bonds is 5. The van der Waals surface area contributed by atoms with Crippen molar-refractivity contribution >= 4 is 5.97 Å². The summed E-state index contributed by atoms with van der Waals surface area (Å²) in [5.74, 6) is -0.269. The van der Waals surface area contributed by atoms with Gasteiger partial charge in [-0.05, 0) is 20.3 Å². The molecule has 2 unspecified atom stereocenters. The van der Waals surface area contributed by atoms with Crippen LogP contribution in [0.4, 0.5) is 0 Å². The Hall–Kier alpha value is -0.990. The van der Waals surface area contributed by atoms with E-state index in [1.807, 2.05) is 4.90 Å². The average molecular weight is 197 g/mol. The summed E-state index contributed by atoms with van der Waals surface area (Å²) in [5.41, 5.74) is 0.501. The number of carbonyl (C=O) groups is 1. The molecule has 1 aliphatic rings. The Morgan fingerprint density at radius 3 is 2.43 bits per heavy atom. The zero-order valence-electron chi connectivity index (χ0n) is 9.25. The molecular formula is C11H19NO2.